The van der Waals surface area contributed by atoms with Crippen molar-refractivity contribution in [3.63, 3.8) is 0 Å². The van der Waals surface area contributed by atoms with Crippen LogP contribution in [-0.2, 0) is 6.54 Å². The van der Waals surface area contributed by atoms with E-state index in [1.807, 2.05) is 18.2 Å². The summed E-state index contributed by atoms with van der Waals surface area (Å²) >= 11 is 0. The largest absolute Gasteiger partial charge is 0.497 e. The first-order chi connectivity index (χ1) is 8.96. The van der Waals surface area contributed by atoms with Crippen molar-refractivity contribution in [1.29, 1.82) is 0 Å². The molecule has 4 heteroatoms. The maximum atomic E-state index is 9.72. The SMILES string of the molecule is CCCNCc1cc(OC)ccc1OCC(C)(C)O. The van der Waals surface area contributed by atoms with Gasteiger partial charge in [0.2, 0.25) is 0 Å². The van der Waals surface area contributed by atoms with Crippen molar-refractivity contribution in [2.45, 2.75) is 39.3 Å². The summed E-state index contributed by atoms with van der Waals surface area (Å²) in [6.07, 6.45) is 1.09. The molecule has 108 valence electrons. The molecule has 1 aromatic carbocycles. The first-order valence-corrected chi connectivity index (χ1v) is 6.69. The molecule has 1 aromatic rings. The summed E-state index contributed by atoms with van der Waals surface area (Å²) in [5, 5.41) is 13.1. The van der Waals surface area contributed by atoms with Crippen LogP contribution in [0.2, 0.25) is 0 Å². The number of rotatable bonds is 8. The van der Waals surface area contributed by atoms with Crippen LogP contribution < -0.4 is 14.8 Å². The average Bonchev–Trinajstić information content (AvgIpc) is 2.36. The van der Waals surface area contributed by atoms with Gasteiger partial charge >= 0.3 is 0 Å². The highest BCUT2D eigenvalue weighted by Gasteiger charge is 2.15. The predicted molar refractivity (Wildman–Crippen MR) is 76.8 cm³/mol. The number of ether oxygens (including phenoxy) is 2. The third-order valence-corrected chi connectivity index (χ3v) is 2.59. The Kier molecular flexibility index (Phi) is 6.12. The standard InChI is InChI=1S/C15H25NO3/c1-5-8-16-10-12-9-13(18-4)6-7-14(12)19-11-15(2,3)17/h6-7,9,16-17H,5,8,10-11H2,1-4H3. The van der Waals surface area contributed by atoms with Gasteiger partial charge in [-0.1, -0.05) is 6.92 Å². The molecule has 0 atom stereocenters. The van der Waals surface area contributed by atoms with Gasteiger partial charge < -0.3 is 19.9 Å². The maximum absolute atomic E-state index is 9.72. The molecule has 4 nitrogen and oxygen atoms in total. The summed E-state index contributed by atoms with van der Waals surface area (Å²) in [7, 11) is 1.65. The van der Waals surface area contributed by atoms with Gasteiger partial charge in [-0.25, -0.2) is 0 Å². The third kappa shape index (κ3) is 5.94. The second kappa shape index (κ2) is 7.36. The number of hydrogen-bond acceptors (Lipinski definition) is 4. The lowest BCUT2D eigenvalue weighted by atomic mass is 10.1. The molecule has 0 spiro atoms. The molecule has 0 aliphatic carbocycles. The van der Waals surface area contributed by atoms with E-state index < -0.39 is 5.60 Å². The fourth-order valence-corrected chi connectivity index (χ4v) is 1.62. The maximum Gasteiger partial charge on any atom is 0.124 e. The zero-order valence-corrected chi connectivity index (χ0v) is 12.3. The van der Waals surface area contributed by atoms with Crippen molar-refractivity contribution in [3.8, 4) is 11.5 Å². The van der Waals surface area contributed by atoms with Crippen LogP contribution >= 0.6 is 0 Å². The Balaban J connectivity index is 2.76. The highest BCUT2D eigenvalue weighted by atomic mass is 16.5. The predicted octanol–water partition coefficient (Wildman–Crippen LogP) is 2.34. The topological polar surface area (TPSA) is 50.7 Å². The van der Waals surface area contributed by atoms with Gasteiger partial charge in [0.05, 0.1) is 12.7 Å². The molecule has 0 heterocycles. The van der Waals surface area contributed by atoms with E-state index in [1.54, 1.807) is 21.0 Å². The van der Waals surface area contributed by atoms with Gasteiger partial charge in [-0.3, -0.25) is 0 Å². The quantitative estimate of drug-likeness (QED) is 0.710. The molecule has 0 radical (unpaired) electrons. The van der Waals surface area contributed by atoms with E-state index in [1.165, 1.54) is 0 Å². The molecule has 0 saturated carbocycles. The average molecular weight is 267 g/mol. The minimum Gasteiger partial charge on any atom is -0.497 e. The van der Waals surface area contributed by atoms with Gasteiger partial charge in [-0.2, -0.15) is 0 Å². The molecule has 0 unspecified atom stereocenters. The van der Waals surface area contributed by atoms with Crippen LogP contribution in [0.15, 0.2) is 18.2 Å². The Morgan fingerprint density at radius 1 is 1.32 bits per heavy atom. The van der Waals surface area contributed by atoms with Crippen LogP contribution in [0.3, 0.4) is 0 Å². The Morgan fingerprint density at radius 3 is 2.63 bits per heavy atom. The Bertz CT molecular complexity index is 385. The van der Waals surface area contributed by atoms with Gasteiger partial charge in [0.25, 0.3) is 0 Å². The Morgan fingerprint density at radius 2 is 2.05 bits per heavy atom. The summed E-state index contributed by atoms with van der Waals surface area (Å²) in [4.78, 5) is 0. The van der Waals surface area contributed by atoms with Crippen LogP contribution in [0.5, 0.6) is 11.5 Å². The van der Waals surface area contributed by atoms with E-state index in [9.17, 15) is 5.11 Å². The van der Waals surface area contributed by atoms with Crippen molar-refractivity contribution in [2.75, 3.05) is 20.3 Å². The van der Waals surface area contributed by atoms with Crippen molar-refractivity contribution < 1.29 is 14.6 Å². The summed E-state index contributed by atoms with van der Waals surface area (Å²) in [6, 6.07) is 5.71. The van der Waals surface area contributed by atoms with Crippen LogP contribution in [-0.4, -0.2) is 31.0 Å². The van der Waals surface area contributed by atoms with Crippen molar-refractivity contribution >= 4 is 0 Å². The molecule has 0 amide bonds. The van der Waals surface area contributed by atoms with Crippen molar-refractivity contribution in [2.24, 2.45) is 0 Å². The molecular formula is C15H25NO3. The molecule has 1 rings (SSSR count). The second-order valence-electron chi connectivity index (χ2n) is 5.25. The zero-order chi connectivity index (χ0) is 14.3. The van der Waals surface area contributed by atoms with E-state index >= 15 is 0 Å². The minimum atomic E-state index is -0.839. The lowest BCUT2D eigenvalue weighted by molar-refractivity contribution is 0.0281. The molecule has 0 aliphatic rings. The summed E-state index contributed by atoms with van der Waals surface area (Å²) in [5.74, 6) is 1.59. The molecule has 0 saturated heterocycles. The lowest BCUT2D eigenvalue weighted by Gasteiger charge is -2.20. The van der Waals surface area contributed by atoms with E-state index in [0.29, 0.717) is 0 Å². The van der Waals surface area contributed by atoms with E-state index in [0.717, 1.165) is 36.6 Å². The molecule has 0 bridgehead atoms. The zero-order valence-electron chi connectivity index (χ0n) is 12.3. The monoisotopic (exact) mass is 267 g/mol. The Labute approximate surface area is 115 Å². The summed E-state index contributed by atoms with van der Waals surface area (Å²) < 4.78 is 10.9. The number of hydrogen-bond donors (Lipinski definition) is 2. The van der Waals surface area contributed by atoms with Crippen LogP contribution in [0.25, 0.3) is 0 Å². The van der Waals surface area contributed by atoms with Gasteiger partial charge in [0.1, 0.15) is 18.1 Å². The molecule has 0 aromatic heterocycles. The number of methoxy groups -OCH3 is 1. The van der Waals surface area contributed by atoms with E-state index in [2.05, 4.69) is 12.2 Å². The first-order valence-electron chi connectivity index (χ1n) is 6.69. The first kappa shape index (κ1) is 15.8. The van der Waals surface area contributed by atoms with Gasteiger partial charge in [0.15, 0.2) is 0 Å². The third-order valence-electron chi connectivity index (χ3n) is 2.59. The number of benzene rings is 1. The van der Waals surface area contributed by atoms with Crippen LogP contribution in [0, 0.1) is 0 Å². The summed E-state index contributed by atoms with van der Waals surface area (Å²) in [6.45, 7) is 7.54. The molecular weight excluding hydrogens is 242 g/mol. The van der Waals surface area contributed by atoms with Gasteiger partial charge in [-0.15, -0.1) is 0 Å². The Hall–Kier alpha value is -1.26. The molecule has 0 aliphatic heterocycles. The van der Waals surface area contributed by atoms with Crippen LogP contribution in [0.1, 0.15) is 32.8 Å². The van der Waals surface area contributed by atoms with Crippen LogP contribution in [0.4, 0.5) is 0 Å². The fourth-order valence-electron chi connectivity index (χ4n) is 1.62. The van der Waals surface area contributed by atoms with E-state index in [-0.39, 0.29) is 6.61 Å². The smallest absolute Gasteiger partial charge is 0.124 e. The number of aliphatic hydroxyl groups is 1. The van der Waals surface area contributed by atoms with Gasteiger partial charge in [0, 0.05) is 12.1 Å². The lowest BCUT2D eigenvalue weighted by Crippen LogP contribution is -2.28. The fraction of sp³-hybridized carbons (Fsp3) is 0.600. The summed E-state index contributed by atoms with van der Waals surface area (Å²) in [5.41, 5.74) is 0.200. The highest BCUT2D eigenvalue weighted by molar-refractivity contribution is 5.40. The van der Waals surface area contributed by atoms with Gasteiger partial charge in [-0.05, 0) is 45.0 Å². The molecule has 19 heavy (non-hydrogen) atoms. The van der Waals surface area contributed by atoms with E-state index in [4.69, 9.17) is 9.47 Å². The number of nitrogens with one attached hydrogen (secondary N) is 1. The normalized spacial score (nSPS) is 11.4. The second-order valence-corrected chi connectivity index (χ2v) is 5.25. The van der Waals surface area contributed by atoms with Crippen molar-refractivity contribution in [3.05, 3.63) is 23.8 Å². The minimum absolute atomic E-state index is 0.264. The van der Waals surface area contributed by atoms with Crippen molar-refractivity contribution in [1.82, 2.24) is 5.32 Å². The highest BCUT2D eigenvalue weighted by Crippen LogP contribution is 2.25. The molecule has 0 fully saturated rings. The molecule has 2 N–H and O–H groups in total.